The summed E-state index contributed by atoms with van der Waals surface area (Å²) in [6.07, 6.45) is 0.856. The average Bonchev–Trinajstić information content (AvgIpc) is 2.48. The summed E-state index contributed by atoms with van der Waals surface area (Å²) in [7, 11) is -2.92. The van der Waals surface area contributed by atoms with Gasteiger partial charge in [-0.1, -0.05) is 25.5 Å². The second-order valence-electron chi connectivity index (χ2n) is 4.63. The highest BCUT2D eigenvalue weighted by Gasteiger charge is 2.46. The van der Waals surface area contributed by atoms with Crippen LogP contribution in [0.3, 0.4) is 0 Å². The van der Waals surface area contributed by atoms with E-state index in [9.17, 15) is 4.79 Å². The summed E-state index contributed by atoms with van der Waals surface area (Å²) < 4.78 is 17.3. The fraction of sp³-hybridized carbons (Fsp3) is 0.562. The van der Waals surface area contributed by atoms with Gasteiger partial charge in [-0.15, -0.1) is 0 Å². The summed E-state index contributed by atoms with van der Waals surface area (Å²) >= 11 is 0. The summed E-state index contributed by atoms with van der Waals surface area (Å²) in [6.45, 7) is 9.24. The fourth-order valence-electron chi connectivity index (χ4n) is 2.37. The van der Waals surface area contributed by atoms with Gasteiger partial charge in [0.1, 0.15) is 5.75 Å². The van der Waals surface area contributed by atoms with Crippen LogP contribution < -0.4 is 4.74 Å². The van der Waals surface area contributed by atoms with Gasteiger partial charge in [0, 0.05) is 13.2 Å². The Morgan fingerprint density at radius 3 is 2.14 bits per heavy atom. The molecule has 0 aliphatic carbocycles. The minimum absolute atomic E-state index is 0.0305. The van der Waals surface area contributed by atoms with Gasteiger partial charge in [-0.25, -0.2) is 0 Å². The Bertz CT molecular complexity index is 431. The predicted octanol–water partition coefficient (Wildman–Crippen LogP) is 3.73. The van der Waals surface area contributed by atoms with Crippen molar-refractivity contribution in [3.63, 3.8) is 0 Å². The monoisotopic (exact) mass is 310 g/mol. The molecule has 0 aromatic heterocycles. The largest absolute Gasteiger partial charge is 0.493 e. The van der Waals surface area contributed by atoms with Crippen molar-refractivity contribution in [3.05, 3.63) is 29.8 Å². The van der Waals surface area contributed by atoms with Crippen LogP contribution in [-0.4, -0.2) is 33.8 Å². The molecule has 1 aromatic rings. The van der Waals surface area contributed by atoms with Crippen molar-refractivity contribution in [2.45, 2.75) is 40.2 Å². The second-order valence-corrected chi connectivity index (χ2v) is 7.66. The third-order valence-electron chi connectivity index (χ3n) is 3.11. The van der Waals surface area contributed by atoms with E-state index in [4.69, 9.17) is 13.6 Å². The molecule has 0 saturated carbocycles. The van der Waals surface area contributed by atoms with Crippen LogP contribution in [0.15, 0.2) is 24.3 Å². The molecule has 0 radical (unpaired) electrons. The number of carbonyl (C=O) groups excluding carboxylic acids is 1. The molecule has 5 heteroatoms. The maximum atomic E-state index is 13.1. The van der Waals surface area contributed by atoms with Gasteiger partial charge in [0.05, 0.1) is 12.2 Å². The SMILES string of the molecule is CCC[Si](OCC)(OCC)C(=O)c1ccccc1OCC. The standard InChI is InChI=1S/C16H26O4Si/c1-5-13-21(19-7-3,20-8-4)16(17)14-11-9-10-12-15(14)18-6-2/h9-12H,5-8,13H2,1-4H3. The predicted molar refractivity (Wildman–Crippen MR) is 86.0 cm³/mol. The first-order chi connectivity index (χ1) is 10.1. The van der Waals surface area contributed by atoms with Gasteiger partial charge in [-0.05, 0) is 38.9 Å². The van der Waals surface area contributed by atoms with Crippen LogP contribution in [-0.2, 0) is 8.85 Å². The van der Waals surface area contributed by atoms with Crippen LogP contribution in [0.25, 0.3) is 0 Å². The van der Waals surface area contributed by atoms with Crippen molar-refractivity contribution in [2.24, 2.45) is 0 Å². The normalized spacial score (nSPS) is 11.4. The maximum Gasteiger partial charge on any atom is 0.416 e. The summed E-state index contributed by atoms with van der Waals surface area (Å²) in [6, 6.07) is 7.99. The van der Waals surface area contributed by atoms with E-state index in [2.05, 4.69) is 0 Å². The molecule has 0 aliphatic heterocycles. The van der Waals surface area contributed by atoms with Gasteiger partial charge in [0.2, 0.25) is 5.41 Å². The first kappa shape index (κ1) is 17.9. The van der Waals surface area contributed by atoms with E-state index in [1.807, 2.05) is 45.9 Å². The van der Waals surface area contributed by atoms with Gasteiger partial charge in [0.25, 0.3) is 0 Å². The number of para-hydroxylation sites is 1. The van der Waals surface area contributed by atoms with Crippen molar-refractivity contribution in [2.75, 3.05) is 19.8 Å². The van der Waals surface area contributed by atoms with Crippen LogP contribution in [0.4, 0.5) is 0 Å². The lowest BCUT2D eigenvalue weighted by molar-refractivity contribution is 0.0934. The third kappa shape index (κ3) is 4.39. The molecule has 1 aromatic carbocycles. The summed E-state index contributed by atoms with van der Waals surface area (Å²) in [5.74, 6) is 0.609. The molecule has 0 amide bonds. The van der Waals surface area contributed by atoms with Crippen LogP contribution in [0, 0.1) is 0 Å². The van der Waals surface area contributed by atoms with Crippen molar-refractivity contribution < 1.29 is 18.4 Å². The highest BCUT2D eigenvalue weighted by Crippen LogP contribution is 2.27. The molecule has 0 bridgehead atoms. The molecule has 0 N–H and O–H groups in total. The number of rotatable bonds is 10. The van der Waals surface area contributed by atoms with Crippen LogP contribution in [0.5, 0.6) is 5.75 Å². The zero-order valence-corrected chi connectivity index (χ0v) is 14.5. The van der Waals surface area contributed by atoms with E-state index >= 15 is 0 Å². The summed E-state index contributed by atoms with van der Waals surface area (Å²) in [5.41, 5.74) is 0.571. The molecule has 21 heavy (non-hydrogen) atoms. The molecule has 4 nitrogen and oxygen atoms in total. The van der Waals surface area contributed by atoms with Gasteiger partial charge < -0.3 is 13.6 Å². The zero-order valence-electron chi connectivity index (χ0n) is 13.5. The molecule has 0 fully saturated rings. The minimum Gasteiger partial charge on any atom is -0.493 e. The maximum absolute atomic E-state index is 13.1. The van der Waals surface area contributed by atoms with E-state index in [1.165, 1.54) is 0 Å². The summed E-state index contributed by atoms with van der Waals surface area (Å²) in [4.78, 5) is 13.1. The molecular formula is C16H26O4Si. The number of hydrogen-bond acceptors (Lipinski definition) is 4. The van der Waals surface area contributed by atoms with Crippen LogP contribution >= 0.6 is 0 Å². The molecule has 0 heterocycles. The number of carbonyl (C=O) groups is 1. The lowest BCUT2D eigenvalue weighted by Gasteiger charge is -2.28. The Morgan fingerprint density at radius 2 is 1.62 bits per heavy atom. The van der Waals surface area contributed by atoms with Gasteiger partial charge >= 0.3 is 8.56 Å². The number of benzene rings is 1. The minimum atomic E-state index is -2.92. The Morgan fingerprint density at radius 1 is 1.00 bits per heavy atom. The first-order valence-corrected chi connectivity index (χ1v) is 9.72. The third-order valence-corrected chi connectivity index (χ3v) is 6.74. The Hall–Kier alpha value is -1.17. The fourth-order valence-corrected chi connectivity index (χ4v) is 5.44. The second kappa shape index (κ2) is 8.97. The zero-order chi connectivity index (χ0) is 15.7. The van der Waals surface area contributed by atoms with Crippen molar-refractivity contribution in [1.82, 2.24) is 0 Å². The Labute approximate surface area is 128 Å². The molecule has 0 spiro atoms. The van der Waals surface area contributed by atoms with E-state index in [0.717, 1.165) is 6.42 Å². The number of ether oxygens (including phenoxy) is 1. The van der Waals surface area contributed by atoms with Gasteiger partial charge in [0.15, 0.2) is 0 Å². The molecule has 0 unspecified atom stereocenters. The Balaban J connectivity index is 3.20. The molecular weight excluding hydrogens is 284 g/mol. The van der Waals surface area contributed by atoms with Crippen molar-refractivity contribution >= 4 is 14.0 Å². The van der Waals surface area contributed by atoms with Crippen LogP contribution in [0.1, 0.15) is 44.5 Å². The van der Waals surface area contributed by atoms with E-state index < -0.39 is 8.56 Å². The smallest absolute Gasteiger partial charge is 0.416 e. The van der Waals surface area contributed by atoms with Crippen molar-refractivity contribution in [1.29, 1.82) is 0 Å². The lowest BCUT2D eigenvalue weighted by atomic mass is 10.2. The summed E-state index contributed by atoms with van der Waals surface area (Å²) in [5, 5.41) is -0.0305. The first-order valence-electron chi connectivity index (χ1n) is 7.69. The molecule has 0 saturated heterocycles. The van der Waals surface area contributed by atoms with Crippen molar-refractivity contribution in [3.8, 4) is 5.75 Å². The highest BCUT2D eigenvalue weighted by atomic mass is 28.4. The molecule has 118 valence electrons. The van der Waals surface area contributed by atoms with E-state index in [1.54, 1.807) is 6.07 Å². The topological polar surface area (TPSA) is 44.8 Å². The Kier molecular flexibility index (Phi) is 7.64. The molecule has 0 aliphatic rings. The molecule has 1 rings (SSSR count). The van der Waals surface area contributed by atoms with Gasteiger partial charge in [-0.2, -0.15) is 0 Å². The lowest BCUT2D eigenvalue weighted by Crippen LogP contribution is -2.51. The quantitative estimate of drug-likeness (QED) is 0.618. The van der Waals surface area contributed by atoms with E-state index in [-0.39, 0.29) is 5.41 Å². The molecule has 0 atom stereocenters. The highest BCUT2D eigenvalue weighted by molar-refractivity contribution is 6.99. The van der Waals surface area contributed by atoms with Crippen LogP contribution in [0.2, 0.25) is 6.04 Å². The van der Waals surface area contributed by atoms with E-state index in [0.29, 0.717) is 37.2 Å². The average molecular weight is 310 g/mol. The number of hydrogen-bond donors (Lipinski definition) is 0. The van der Waals surface area contributed by atoms with Gasteiger partial charge in [-0.3, -0.25) is 4.79 Å².